The van der Waals surface area contributed by atoms with Gasteiger partial charge in [0.2, 0.25) is 10.0 Å². The van der Waals surface area contributed by atoms with E-state index in [9.17, 15) is 22.7 Å². The number of nitriles is 1. The molecule has 1 amide bonds. The fraction of sp³-hybridized carbons (Fsp3) is 0.222. The van der Waals surface area contributed by atoms with Crippen LogP contribution in [0.25, 0.3) is 0 Å². The van der Waals surface area contributed by atoms with Crippen LogP contribution in [0, 0.1) is 29.5 Å². The van der Waals surface area contributed by atoms with Crippen molar-refractivity contribution < 1.29 is 27.4 Å². The molecule has 4 N–H and O–H groups in total. The second-order valence-corrected chi connectivity index (χ2v) is 7.44. The maximum Gasteiger partial charge on any atom is 0.276 e. The van der Waals surface area contributed by atoms with E-state index in [2.05, 4.69) is 11.2 Å². The number of aliphatic hydroxyl groups excluding tert-OH is 1. The highest BCUT2D eigenvalue weighted by atomic mass is 32.2. The first-order valence-corrected chi connectivity index (χ1v) is 9.63. The van der Waals surface area contributed by atoms with Gasteiger partial charge in [0.15, 0.2) is 11.4 Å². The van der Waals surface area contributed by atoms with Crippen LogP contribution < -0.4 is 15.2 Å². The lowest BCUT2D eigenvalue weighted by Crippen LogP contribution is -2.19. The Labute approximate surface area is 166 Å². The summed E-state index contributed by atoms with van der Waals surface area (Å²) in [6, 6.07) is 5.02. The lowest BCUT2D eigenvalue weighted by Gasteiger charge is -2.12. The van der Waals surface area contributed by atoms with Crippen molar-refractivity contribution in [2.45, 2.75) is 17.4 Å². The number of aromatic nitrogens is 1. The van der Waals surface area contributed by atoms with Crippen molar-refractivity contribution in [1.29, 1.82) is 5.26 Å². The summed E-state index contributed by atoms with van der Waals surface area (Å²) >= 11 is 0. The lowest BCUT2D eigenvalue weighted by atomic mass is 10.2. The number of nitrogens with two attached hydrogens (primary N) is 1. The number of aryl methyl sites for hydroxylation is 1. The molecule has 0 bridgehead atoms. The Balaban J connectivity index is 2.40. The fourth-order valence-electron chi connectivity index (χ4n) is 2.42. The van der Waals surface area contributed by atoms with E-state index in [0.29, 0.717) is 0 Å². The van der Waals surface area contributed by atoms with Crippen molar-refractivity contribution in [3.63, 3.8) is 0 Å². The Kier molecular flexibility index (Phi) is 6.61. The molecule has 1 heterocycles. The summed E-state index contributed by atoms with van der Waals surface area (Å²) in [7, 11) is -2.83. The summed E-state index contributed by atoms with van der Waals surface area (Å²) in [5.74, 6) is 0.218. The van der Waals surface area contributed by atoms with E-state index in [1.54, 1.807) is 6.07 Å². The summed E-state index contributed by atoms with van der Waals surface area (Å²) < 4.78 is 43.8. The molecule has 0 aliphatic rings. The van der Waals surface area contributed by atoms with E-state index < -0.39 is 32.7 Å². The molecule has 0 aliphatic heterocycles. The highest BCUT2D eigenvalue weighted by Crippen LogP contribution is 2.30. The molecule has 1 aromatic carbocycles. The number of primary sulfonamides is 1. The number of nitrogens with one attached hydrogen (secondary N) is 1. The highest BCUT2D eigenvalue weighted by Gasteiger charge is 2.28. The van der Waals surface area contributed by atoms with Gasteiger partial charge in [0, 0.05) is 25.4 Å². The van der Waals surface area contributed by atoms with Gasteiger partial charge in [-0.25, -0.2) is 17.9 Å². The van der Waals surface area contributed by atoms with Gasteiger partial charge in [0.1, 0.15) is 22.9 Å². The number of carbonyl (C=O) groups is 1. The number of rotatable bonds is 7. The molecule has 1 atom stereocenters. The predicted molar refractivity (Wildman–Crippen MR) is 101 cm³/mol. The maximum atomic E-state index is 13.5. The van der Waals surface area contributed by atoms with Gasteiger partial charge < -0.3 is 19.7 Å². The zero-order valence-corrected chi connectivity index (χ0v) is 16.0. The number of sulfonamides is 1. The molecule has 1 aromatic heterocycles. The number of hydrogen-bond donors (Lipinski definition) is 3. The van der Waals surface area contributed by atoms with E-state index in [1.165, 1.54) is 17.7 Å². The molecule has 0 saturated heterocycles. The molecule has 29 heavy (non-hydrogen) atoms. The lowest BCUT2D eigenvalue weighted by molar-refractivity contribution is 0.101. The van der Waals surface area contributed by atoms with Crippen molar-refractivity contribution in [1.82, 2.24) is 4.57 Å². The first-order valence-electron chi connectivity index (χ1n) is 8.08. The summed E-state index contributed by atoms with van der Waals surface area (Å²) in [6.45, 7) is -0.187. The van der Waals surface area contributed by atoms with E-state index in [0.717, 1.165) is 18.3 Å². The smallest absolute Gasteiger partial charge is 0.276 e. The van der Waals surface area contributed by atoms with E-state index >= 15 is 0 Å². The Morgan fingerprint density at radius 2 is 2.21 bits per heavy atom. The quantitative estimate of drug-likeness (QED) is 0.562. The van der Waals surface area contributed by atoms with Gasteiger partial charge >= 0.3 is 0 Å². The summed E-state index contributed by atoms with van der Waals surface area (Å²) in [4.78, 5) is 12.3. The largest absolute Gasteiger partial charge is 0.490 e. The Hall–Kier alpha value is -3.38. The molecule has 0 aliphatic carbocycles. The third-order valence-electron chi connectivity index (χ3n) is 3.80. The predicted octanol–water partition coefficient (Wildman–Crippen LogP) is 0.699. The minimum absolute atomic E-state index is 0.0139. The Morgan fingerprint density at radius 3 is 2.79 bits per heavy atom. The number of ether oxygens (including phenoxy) is 1. The fourth-order valence-corrected chi connectivity index (χ4v) is 3.14. The van der Waals surface area contributed by atoms with Crippen LogP contribution in [0.3, 0.4) is 0 Å². The minimum atomic E-state index is -4.24. The average molecular weight is 420 g/mol. The monoisotopic (exact) mass is 420 g/mol. The average Bonchev–Trinajstić information content (AvgIpc) is 2.99. The molecule has 11 heteroatoms. The molecule has 1 unspecified atom stereocenters. The number of aliphatic hydroxyl groups is 1. The number of nitrogens with zero attached hydrogens (tertiary/aromatic N) is 2. The van der Waals surface area contributed by atoms with Crippen molar-refractivity contribution in [3.05, 3.63) is 41.5 Å². The number of anilines is 1. The number of halogens is 1. The van der Waals surface area contributed by atoms with Gasteiger partial charge in [-0.1, -0.05) is 5.92 Å². The van der Waals surface area contributed by atoms with Crippen LogP contribution >= 0.6 is 0 Å². The first-order chi connectivity index (χ1) is 13.6. The van der Waals surface area contributed by atoms with Crippen LogP contribution in [0.2, 0.25) is 0 Å². The zero-order valence-electron chi connectivity index (χ0n) is 15.2. The van der Waals surface area contributed by atoms with Crippen molar-refractivity contribution in [3.8, 4) is 24.2 Å². The van der Waals surface area contributed by atoms with Crippen LogP contribution in [0.15, 0.2) is 29.3 Å². The first kappa shape index (κ1) is 21.9. The van der Waals surface area contributed by atoms with Gasteiger partial charge in [-0.05, 0) is 18.2 Å². The van der Waals surface area contributed by atoms with E-state index in [4.69, 9.17) is 21.6 Å². The number of amides is 1. The standard InChI is InChI=1S/C18H17FN4O5S/c1-3-13(24)6-7-28-17-15(29(21,26)27)10-23(2)16(17)18(25)22-12-4-5-14(19)11(8-12)9-20/h1,4-5,8,10,13,24H,6-7H2,2H3,(H,22,25)(H2,21,26,27). The molecule has 0 radical (unpaired) electrons. The molecular weight excluding hydrogens is 403 g/mol. The van der Waals surface area contributed by atoms with E-state index in [-0.39, 0.29) is 35.7 Å². The van der Waals surface area contributed by atoms with Gasteiger partial charge in [0.25, 0.3) is 5.91 Å². The molecule has 2 aromatic rings. The van der Waals surface area contributed by atoms with Crippen LogP contribution in [-0.2, 0) is 17.1 Å². The molecule has 2 rings (SSSR count). The van der Waals surface area contributed by atoms with Crippen molar-refractivity contribution in [2.75, 3.05) is 11.9 Å². The number of benzene rings is 1. The summed E-state index contributed by atoms with van der Waals surface area (Å²) in [6.07, 6.45) is 5.04. The zero-order chi connectivity index (χ0) is 21.8. The normalized spacial score (nSPS) is 11.9. The SMILES string of the molecule is C#CC(O)CCOc1c(S(N)(=O)=O)cn(C)c1C(=O)Nc1ccc(F)c(C#N)c1. The van der Waals surface area contributed by atoms with Crippen LogP contribution in [-0.4, -0.2) is 36.7 Å². The van der Waals surface area contributed by atoms with Gasteiger partial charge in [0.05, 0.1) is 12.2 Å². The molecule has 152 valence electrons. The highest BCUT2D eigenvalue weighted by molar-refractivity contribution is 7.89. The second kappa shape index (κ2) is 8.75. The molecule has 0 saturated carbocycles. The molecule has 9 nitrogen and oxygen atoms in total. The Bertz CT molecular complexity index is 1130. The van der Waals surface area contributed by atoms with Crippen LogP contribution in [0.1, 0.15) is 22.5 Å². The molecule has 0 spiro atoms. The van der Waals surface area contributed by atoms with Gasteiger partial charge in [-0.15, -0.1) is 6.42 Å². The molecular formula is C18H17FN4O5S. The summed E-state index contributed by atoms with van der Waals surface area (Å²) in [5.41, 5.74) is -0.355. The topological polar surface area (TPSA) is 147 Å². The van der Waals surface area contributed by atoms with Crippen molar-refractivity contribution in [2.24, 2.45) is 12.2 Å². The number of terminal acetylenes is 1. The van der Waals surface area contributed by atoms with Crippen LogP contribution in [0.5, 0.6) is 5.75 Å². The number of carbonyl (C=O) groups excluding carboxylic acids is 1. The van der Waals surface area contributed by atoms with Crippen molar-refractivity contribution >= 4 is 21.6 Å². The number of hydrogen-bond acceptors (Lipinski definition) is 6. The summed E-state index contributed by atoms with van der Waals surface area (Å²) in [5, 5.41) is 25.9. The van der Waals surface area contributed by atoms with E-state index in [1.807, 2.05) is 0 Å². The third-order valence-corrected chi connectivity index (χ3v) is 4.70. The molecule has 0 fully saturated rings. The maximum absolute atomic E-state index is 13.5. The minimum Gasteiger partial charge on any atom is -0.490 e. The second-order valence-electron chi connectivity index (χ2n) is 5.91. The van der Waals surface area contributed by atoms with Gasteiger partial charge in [-0.3, -0.25) is 4.79 Å². The third kappa shape index (κ3) is 5.12. The van der Waals surface area contributed by atoms with Crippen LogP contribution in [0.4, 0.5) is 10.1 Å². The van der Waals surface area contributed by atoms with Gasteiger partial charge in [-0.2, -0.15) is 5.26 Å². The Morgan fingerprint density at radius 1 is 1.52 bits per heavy atom.